The van der Waals surface area contributed by atoms with Gasteiger partial charge in [0.05, 0.1) is 11.3 Å². The molecule has 20 heavy (non-hydrogen) atoms. The minimum Gasteiger partial charge on any atom is -0.321 e. The molecule has 2 aromatic carbocycles. The van der Waals surface area contributed by atoms with Crippen LogP contribution in [0.4, 0.5) is 18.9 Å². The topological polar surface area (TPSA) is 29.1 Å². The van der Waals surface area contributed by atoms with Crippen molar-refractivity contribution in [2.24, 2.45) is 0 Å². The SMILES string of the molecule is CSc1ccccc1NC(=O)c1ccc(F)c(F)c1F. The van der Waals surface area contributed by atoms with Gasteiger partial charge in [0.1, 0.15) is 0 Å². The van der Waals surface area contributed by atoms with E-state index in [-0.39, 0.29) is 0 Å². The lowest BCUT2D eigenvalue weighted by Crippen LogP contribution is -2.15. The second-order valence-electron chi connectivity index (χ2n) is 3.88. The summed E-state index contributed by atoms with van der Waals surface area (Å²) in [7, 11) is 0. The number of amides is 1. The molecule has 0 aliphatic carbocycles. The standard InChI is InChI=1S/C14H10F3NOS/c1-20-11-5-3-2-4-10(11)18-14(19)8-6-7-9(15)13(17)12(8)16/h2-7H,1H3,(H,18,19). The highest BCUT2D eigenvalue weighted by molar-refractivity contribution is 7.98. The molecular formula is C14H10F3NOS. The number of para-hydroxylation sites is 1. The average Bonchev–Trinajstić information content (AvgIpc) is 2.45. The fourth-order valence-corrected chi connectivity index (χ4v) is 2.19. The summed E-state index contributed by atoms with van der Waals surface area (Å²) in [5.74, 6) is -5.31. The molecule has 104 valence electrons. The van der Waals surface area contributed by atoms with E-state index in [4.69, 9.17) is 0 Å². The maximum Gasteiger partial charge on any atom is 0.258 e. The van der Waals surface area contributed by atoms with E-state index < -0.39 is 28.9 Å². The normalized spacial score (nSPS) is 10.4. The summed E-state index contributed by atoms with van der Waals surface area (Å²) in [4.78, 5) is 12.7. The molecule has 0 unspecified atom stereocenters. The van der Waals surface area contributed by atoms with Crippen molar-refractivity contribution in [3.63, 3.8) is 0 Å². The zero-order chi connectivity index (χ0) is 14.7. The number of carbonyl (C=O) groups excluding carboxylic acids is 1. The fourth-order valence-electron chi connectivity index (χ4n) is 1.64. The molecule has 0 spiro atoms. The predicted molar refractivity (Wildman–Crippen MR) is 72.5 cm³/mol. The van der Waals surface area contributed by atoms with Gasteiger partial charge >= 0.3 is 0 Å². The van der Waals surface area contributed by atoms with Gasteiger partial charge in [0.25, 0.3) is 5.91 Å². The lowest BCUT2D eigenvalue weighted by atomic mass is 10.1. The number of halogens is 3. The lowest BCUT2D eigenvalue weighted by Gasteiger charge is -2.10. The maximum atomic E-state index is 13.5. The third kappa shape index (κ3) is 2.80. The third-order valence-corrected chi connectivity index (χ3v) is 3.43. The Bertz CT molecular complexity index is 661. The van der Waals surface area contributed by atoms with Crippen LogP contribution in [0.1, 0.15) is 10.4 Å². The number of nitrogens with one attached hydrogen (secondary N) is 1. The Hall–Kier alpha value is -1.95. The highest BCUT2D eigenvalue weighted by Gasteiger charge is 2.19. The van der Waals surface area contributed by atoms with Crippen molar-refractivity contribution in [3.05, 3.63) is 59.4 Å². The van der Waals surface area contributed by atoms with E-state index in [1.54, 1.807) is 24.3 Å². The van der Waals surface area contributed by atoms with Gasteiger partial charge in [-0.25, -0.2) is 13.2 Å². The molecule has 0 aromatic heterocycles. The van der Waals surface area contributed by atoms with Crippen LogP contribution in [-0.2, 0) is 0 Å². The van der Waals surface area contributed by atoms with Crippen LogP contribution >= 0.6 is 11.8 Å². The van der Waals surface area contributed by atoms with E-state index in [1.165, 1.54) is 11.8 Å². The first kappa shape index (κ1) is 14.5. The molecule has 0 saturated heterocycles. The summed E-state index contributed by atoms with van der Waals surface area (Å²) in [6.45, 7) is 0. The summed E-state index contributed by atoms with van der Waals surface area (Å²) >= 11 is 1.40. The monoisotopic (exact) mass is 297 g/mol. The van der Waals surface area contributed by atoms with Crippen LogP contribution in [0.25, 0.3) is 0 Å². The Kier molecular flexibility index (Phi) is 4.34. The minimum atomic E-state index is -1.66. The van der Waals surface area contributed by atoms with E-state index in [0.29, 0.717) is 11.8 Å². The van der Waals surface area contributed by atoms with Crippen molar-refractivity contribution in [2.75, 3.05) is 11.6 Å². The predicted octanol–water partition coefficient (Wildman–Crippen LogP) is 4.08. The van der Waals surface area contributed by atoms with E-state index in [0.717, 1.165) is 11.0 Å². The first-order valence-electron chi connectivity index (χ1n) is 5.62. The molecule has 0 atom stereocenters. The number of thioether (sulfide) groups is 1. The summed E-state index contributed by atoms with van der Waals surface area (Å²) in [6.07, 6.45) is 1.82. The number of anilines is 1. The van der Waals surface area contributed by atoms with Crippen LogP contribution in [0.15, 0.2) is 41.3 Å². The second kappa shape index (κ2) is 6.00. The zero-order valence-corrected chi connectivity index (χ0v) is 11.2. The van der Waals surface area contributed by atoms with Crippen molar-refractivity contribution in [1.82, 2.24) is 0 Å². The first-order chi connectivity index (χ1) is 9.54. The maximum absolute atomic E-state index is 13.5. The average molecular weight is 297 g/mol. The third-order valence-electron chi connectivity index (χ3n) is 2.63. The van der Waals surface area contributed by atoms with Gasteiger partial charge in [0, 0.05) is 4.90 Å². The Morgan fingerprint density at radius 3 is 2.45 bits per heavy atom. The molecular weight excluding hydrogens is 287 g/mol. The quantitative estimate of drug-likeness (QED) is 0.683. The number of hydrogen-bond acceptors (Lipinski definition) is 2. The van der Waals surface area contributed by atoms with E-state index in [9.17, 15) is 18.0 Å². The van der Waals surface area contributed by atoms with E-state index in [2.05, 4.69) is 5.32 Å². The summed E-state index contributed by atoms with van der Waals surface area (Å²) in [5.41, 5.74) is -0.0612. The van der Waals surface area contributed by atoms with Gasteiger partial charge < -0.3 is 5.32 Å². The molecule has 6 heteroatoms. The molecule has 2 nitrogen and oxygen atoms in total. The molecule has 0 aliphatic heterocycles. The smallest absolute Gasteiger partial charge is 0.258 e. The highest BCUT2D eigenvalue weighted by atomic mass is 32.2. The Labute approximate surface area is 118 Å². The van der Waals surface area contributed by atoms with Crippen LogP contribution in [0, 0.1) is 17.5 Å². The van der Waals surface area contributed by atoms with Gasteiger partial charge in [-0.1, -0.05) is 12.1 Å². The Morgan fingerprint density at radius 2 is 1.75 bits per heavy atom. The fraction of sp³-hybridized carbons (Fsp3) is 0.0714. The van der Waals surface area contributed by atoms with Crippen LogP contribution in [0.3, 0.4) is 0 Å². The highest BCUT2D eigenvalue weighted by Crippen LogP contribution is 2.25. The number of rotatable bonds is 3. The molecule has 2 aromatic rings. The second-order valence-corrected chi connectivity index (χ2v) is 4.73. The van der Waals surface area contributed by atoms with Crippen LogP contribution in [-0.4, -0.2) is 12.2 Å². The minimum absolute atomic E-state index is 0.481. The van der Waals surface area contributed by atoms with Crippen molar-refractivity contribution < 1.29 is 18.0 Å². The molecule has 0 bridgehead atoms. The number of carbonyl (C=O) groups is 1. The molecule has 0 saturated carbocycles. The van der Waals surface area contributed by atoms with Gasteiger partial charge in [0.15, 0.2) is 17.5 Å². The van der Waals surface area contributed by atoms with Gasteiger partial charge in [-0.15, -0.1) is 11.8 Å². The largest absolute Gasteiger partial charge is 0.321 e. The van der Waals surface area contributed by atoms with Crippen molar-refractivity contribution >= 4 is 23.4 Å². The van der Waals surface area contributed by atoms with Gasteiger partial charge in [-0.2, -0.15) is 0 Å². The van der Waals surface area contributed by atoms with Crippen LogP contribution < -0.4 is 5.32 Å². The molecule has 1 amide bonds. The van der Waals surface area contributed by atoms with Crippen LogP contribution in [0.2, 0.25) is 0 Å². The van der Waals surface area contributed by atoms with Gasteiger partial charge in [0.2, 0.25) is 0 Å². The summed E-state index contributed by atoms with van der Waals surface area (Å²) < 4.78 is 39.4. The molecule has 0 radical (unpaired) electrons. The first-order valence-corrected chi connectivity index (χ1v) is 6.85. The van der Waals surface area contributed by atoms with Crippen molar-refractivity contribution in [3.8, 4) is 0 Å². The summed E-state index contributed by atoms with van der Waals surface area (Å²) in [5, 5.41) is 2.48. The van der Waals surface area contributed by atoms with Gasteiger partial charge in [-0.05, 0) is 30.5 Å². The van der Waals surface area contributed by atoms with E-state index >= 15 is 0 Å². The lowest BCUT2D eigenvalue weighted by molar-refractivity contribution is 0.102. The zero-order valence-electron chi connectivity index (χ0n) is 10.4. The van der Waals surface area contributed by atoms with E-state index in [1.807, 2.05) is 6.26 Å². The van der Waals surface area contributed by atoms with Gasteiger partial charge in [-0.3, -0.25) is 4.79 Å². The molecule has 1 N–H and O–H groups in total. The number of benzene rings is 2. The van der Waals surface area contributed by atoms with Crippen LogP contribution in [0.5, 0.6) is 0 Å². The molecule has 0 heterocycles. The van der Waals surface area contributed by atoms with Crippen molar-refractivity contribution in [2.45, 2.75) is 4.90 Å². The number of hydrogen-bond donors (Lipinski definition) is 1. The molecule has 0 aliphatic rings. The van der Waals surface area contributed by atoms with Crippen molar-refractivity contribution in [1.29, 1.82) is 0 Å². The summed E-state index contributed by atoms with van der Waals surface area (Å²) in [6, 6.07) is 8.54. The molecule has 0 fully saturated rings. The molecule has 2 rings (SSSR count). The Balaban J connectivity index is 2.31. The Morgan fingerprint density at radius 1 is 1.05 bits per heavy atom.